The summed E-state index contributed by atoms with van der Waals surface area (Å²) < 4.78 is 11.0. The molecule has 24 heavy (non-hydrogen) atoms. The van der Waals surface area contributed by atoms with E-state index in [0.29, 0.717) is 31.0 Å². The molecule has 0 amide bonds. The van der Waals surface area contributed by atoms with Gasteiger partial charge in [-0.1, -0.05) is 24.8 Å². The normalized spacial score (nSPS) is 11.6. The average Bonchev–Trinajstić information content (AvgIpc) is 3.04. The van der Waals surface area contributed by atoms with E-state index in [1.165, 1.54) is 12.1 Å². The van der Waals surface area contributed by atoms with Crippen LogP contribution >= 0.6 is 0 Å². The van der Waals surface area contributed by atoms with E-state index < -0.39 is 0 Å². The Labute approximate surface area is 140 Å². The molecule has 0 fully saturated rings. The topological polar surface area (TPSA) is 72.6 Å². The highest BCUT2D eigenvalue weighted by Gasteiger charge is 2.07. The van der Waals surface area contributed by atoms with Gasteiger partial charge in [0, 0.05) is 18.1 Å². The number of nitrogens with zero attached hydrogens (tertiary/aromatic N) is 1. The van der Waals surface area contributed by atoms with Gasteiger partial charge in [0.2, 0.25) is 5.89 Å². The quantitative estimate of drug-likeness (QED) is 0.587. The van der Waals surface area contributed by atoms with Crippen molar-refractivity contribution in [2.24, 2.45) is 0 Å². The summed E-state index contributed by atoms with van der Waals surface area (Å²) >= 11 is 0. The molecule has 0 bridgehead atoms. The molecule has 124 valence electrons. The van der Waals surface area contributed by atoms with Gasteiger partial charge in [-0.25, -0.2) is 4.98 Å². The standard InChI is InChI=1S/C19H19NO4/c1-3-5-6-14(4-2)19-20-16(13-24-19)9-10-23-17-8-7-15(12-21)18(22)11-17/h3-8,11-13,22H,2,9-10H2,1H3/b5-3-,14-6+. The van der Waals surface area contributed by atoms with Crippen LogP contribution < -0.4 is 4.74 Å². The predicted octanol–water partition coefficient (Wildman–Crippen LogP) is 3.96. The molecule has 0 aliphatic heterocycles. The minimum absolute atomic E-state index is 0.101. The van der Waals surface area contributed by atoms with Gasteiger partial charge in [0.05, 0.1) is 17.9 Å². The lowest BCUT2D eigenvalue weighted by atomic mass is 10.2. The molecule has 0 saturated heterocycles. The first-order chi connectivity index (χ1) is 11.7. The van der Waals surface area contributed by atoms with E-state index in [1.807, 2.05) is 25.2 Å². The predicted molar refractivity (Wildman–Crippen MR) is 92.2 cm³/mol. The maximum Gasteiger partial charge on any atom is 0.226 e. The van der Waals surface area contributed by atoms with Gasteiger partial charge in [-0.3, -0.25) is 4.79 Å². The molecular formula is C19H19NO4. The summed E-state index contributed by atoms with van der Waals surface area (Å²) in [5, 5.41) is 9.61. The second-order valence-electron chi connectivity index (χ2n) is 4.93. The van der Waals surface area contributed by atoms with Crippen LogP contribution in [0.1, 0.15) is 28.9 Å². The van der Waals surface area contributed by atoms with Gasteiger partial charge in [-0.15, -0.1) is 0 Å². The Bertz CT molecular complexity index is 771. The fourth-order valence-corrected chi connectivity index (χ4v) is 1.97. The molecule has 0 saturated carbocycles. The molecule has 0 radical (unpaired) electrons. The zero-order valence-electron chi connectivity index (χ0n) is 13.4. The number of rotatable bonds is 8. The summed E-state index contributed by atoms with van der Waals surface area (Å²) in [7, 11) is 0. The maximum atomic E-state index is 10.7. The van der Waals surface area contributed by atoms with Crippen molar-refractivity contribution in [3.63, 3.8) is 0 Å². The number of hydrogen-bond donors (Lipinski definition) is 1. The monoisotopic (exact) mass is 325 g/mol. The molecule has 1 N–H and O–H groups in total. The largest absolute Gasteiger partial charge is 0.507 e. The van der Waals surface area contributed by atoms with E-state index in [-0.39, 0.29) is 11.3 Å². The van der Waals surface area contributed by atoms with Gasteiger partial charge < -0.3 is 14.3 Å². The summed E-state index contributed by atoms with van der Waals surface area (Å²) in [4.78, 5) is 15.0. The number of carbonyl (C=O) groups excluding carboxylic acids is 1. The van der Waals surface area contributed by atoms with Crippen LogP contribution in [-0.4, -0.2) is 23.0 Å². The Kier molecular flexibility index (Phi) is 6.14. The minimum atomic E-state index is -0.101. The third-order valence-corrected chi connectivity index (χ3v) is 3.24. The van der Waals surface area contributed by atoms with Crippen molar-refractivity contribution in [2.75, 3.05) is 6.61 Å². The Hall–Kier alpha value is -3.08. The number of aldehydes is 1. The van der Waals surface area contributed by atoms with Crippen LogP contribution in [0.15, 0.2) is 59.8 Å². The zero-order valence-corrected chi connectivity index (χ0v) is 13.4. The SMILES string of the molecule is C=C/C(=C\C=C/C)c1nc(CCOc2ccc(C=O)c(O)c2)co1. The first kappa shape index (κ1) is 17.3. The number of phenolic OH excluding ortho intramolecular Hbond substituents is 1. The van der Waals surface area contributed by atoms with Gasteiger partial charge in [0.1, 0.15) is 17.8 Å². The van der Waals surface area contributed by atoms with Crippen LogP contribution in [-0.2, 0) is 6.42 Å². The van der Waals surface area contributed by atoms with Crippen LogP contribution in [0.4, 0.5) is 0 Å². The summed E-state index contributed by atoms with van der Waals surface area (Å²) in [5.41, 5.74) is 1.79. The molecule has 0 atom stereocenters. The number of benzene rings is 1. The van der Waals surface area contributed by atoms with Gasteiger partial charge >= 0.3 is 0 Å². The van der Waals surface area contributed by atoms with Crippen LogP contribution in [0.2, 0.25) is 0 Å². The molecule has 0 unspecified atom stereocenters. The molecule has 1 aromatic carbocycles. The number of aromatic nitrogens is 1. The number of oxazole rings is 1. The van der Waals surface area contributed by atoms with E-state index in [4.69, 9.17) is 9.15 Å². The van der Waals surface area contributed by atoms with E-state index in [1.54, 1.807) is 18.4 Å². The van der Waals surface area contributed by atoms with Gasteiger partial charge in [-0.05, 0) is 25.1 Å². The van der Waals surface area contributed by atoms with Crippen LogP contribution in [0, 0.1) is 0 Å². The van der Waals surface area contributed by atoms with Gasteiger partial charge in [0.25, 0.3) is 0 Å². The van der Waals surface area contributed by atoms with Crippen molar-refractivity contribution >= 4 is 11.9 Å². The molecule has 0 spiro atoms. The van der Waals surface area contributed by atoms with Crippen molar-refractivity contribution < 1.29 is 19.1 Å². The summed E-state index contributed by atoms with van der Waals surface area (Å²) in [6.07, 6.45) is 10.1. The van der Waals surface area contributed by atoms with Crippen LogP contribution in [0.25, 0.3) is 5.57 Å². The van der Waals surface area contributed by atoms with Crippen molar-refractivity contribution in [3.8, 4) is 11.5 Å². The van der Waals surface area contributed by atoms with Gasteiger partial charge in [-0.2, -0.15) is 0 Å². The zero-order chi connectivity index (χ0) is 17.4. The maximum absolute atomic E-state index is 10.7. The molecule has 0 aliphatic carbocycles. The first-order valence-electron chi connectivity index (χ1n) is 7.49. The number of aromatic hydroxyl groups is 1. The Morgan fingerprint density at radius 3 is 2.96 bits per heavy atom. The Morgan fingerprint density at radius 2 is 2.29 bits per heavy atom. The number of phenols is 1. The second-order valence-corrected chi connectivity index (χ2v) is 4.93. The number of allylic oxidation sites excluding steroid dienone is 5. The lowest BCUT2D eigenvalue weighted by Crippen LogP contribution is -2.02. The third-order valence-electron chi connectivity index (χ3n) is 3.24. The van der Waals surface area contributed by atoms with Gasteiger partial charge in [0.15, 0.2) is 6.29 Å². The fourth-order valence-electron chi connectivity index (χ4n) is 1.97. The van der Waals surface area contributed by atoms with Crippen molar-refractivity contribution in [1.29, 1.82) is 0 Å². The highest BCUT2D eigenvalue weighted by molar-refractivity contribution is 5.79. The van der Waals surface area contributed by atoms with E-state index >= 15 is 0 Å². The first-order valence-corrected chi connectivity index (χ1v) is 7.49. The minimum Gasteiger partial charge on any atom is -0.507 e. The number of hydrogen-bond acceptors (Lipinski definition) is 5. The van der Waals surface area contributed by atoms with E-state index in [2.05, 4.69) is 11.6 Å². The lowest BCUT2D eigenvalue weighted by molar-refractivity contribution is 0.112. The number of ether oxygens (including phenoxy) is 1. The molecule has 1 heterocycles. The van der Waals surface area contributed by atoms with Crippen LogP contribution in [0.3, 0.4) is 0 Å². The highest BCUT2D eigenvalue weighted by atomic mass is 16.5. The smallest absolute Gasteiger partial charge is 0.226 e. The number of carbonyl (C=O) groups is 1. The molecule has 5 nitrogen and oxygen atoms in total. The van der Waals surface area contributed by atoms with Crippen LogP contribution in [0.5, 0.6) is 11.5 Å². The molecule has 2 rings (SSSR count). The molecule has 2 aromatic rings. The van der Waals surface area contributed by atoms with E-state index in [9.17, 15) is 9.90 Å². The average molecular weight is 325 g/mol. The fraction of sp³-hybridized carbons (Fsp3) is 0.158. The molecule has 5 heteroatoms. The van der Waals surface area contributed by atoms with Crippen molar-refractivity contribution in [1.82, 2.24) is 4.98 Å². The second kappa shape index (κ2) is 8.53. The third kappa shape index (κ3) is 4.46. The Morgan fingerprint density at radius 1 is 1.46 bits per heavy atom. The molecule has 1 aromatic heterocycles. The van der Waals surface area contributed by atoms with Crippen molar-refractivity contribution in [3.05, 3.63) is 72.5 Å². The summed E-state index contributed by atoms with van der Waals surface area (Å²) in [6.45, 7) is 6.04. The van der Waals surface area contributed by atoms with Crippen molar-refractivity contribution in [2.45, 2.75) is 13.3 Å². The molecule has 0 aliphatic rings. The summed E-state index contributed by atoms with van der Waals surface area (Å²) in [6, 6.07) is 4.55. The Balaban J connectivity index is 1.95. The molecular weight excluding hydrogens is 306 g/mol. The lowest BCUT2D eigenvalue weighted by Gasteiger charge is -2.06. The van der Waals surface area contributed by atoms with E-state index in [0.717, 1.165) is 11.3 Å². The highest BCUT2D eigenvalue weighted by Crippen LogP contribution is 2.22. The summed E-state index contributed by atoms with van der Waals surface area (Å²) in [5.74, 6) is 0.892.